The maximum Gasteiger partial charge on any atom is 0.325 e. The van der Waals surface area contributed by atoms with E-state index in [0.29, 0.717) is 24.5 Å². The van der Waals surface area contributed by atoms with Gasteiger partial charge in [-0.15, -0.1) is 12.4 Å². The highest BCUT2D eigenvalue weighted by molar-refractivity contribution is 6.31. The van der Waals surface area contributed by atoms with Crippen LogP contribution in [0.4, 0.5) is 4.79 Å². The Balaban J connectivity index is 0.00000280. The molecular formula is C19H26Cl2N4O3. The summed E-state index contributed by atoms with van der Waals surface area (Å²) in [6.45, 7) is 5.57. The van der Waals surface area contributed by atoms with Crippen molar-refractivity contribution in [2.24, 2.45) is 0 Å². The van der Waals surface area contributed by atoms with Gasteiger partial charge < -0.3 is 15.5 Å². The minimum atomic E-state index is -0.880. The smallest absolute Gasteiger partial charge is 0.325 e. The van der Waals surface area contributed by atoms with Gasteiger partial charge in [0.05, 0.1) is 6.04 Å². The van der Waals surface area contributed by atoms with Gasteiger partial charge in [-0.05, 0) is 31.9 Å². The SMILES string of the molecule is CC1(C)NC(=O)N(CCCC(=O)N2CCNCC2c2ccccc2Cl)C1=O.Cl. The molecule has 4 amide bonds. The summed E-state index contributed by atoms with van der Waals surface area (Å²) in [6.07, 6.45) is 0.714. The topological polar surface area (TPSA) is 81.8 Å². The van der Waals surface area contributed by atoms with Crippen LogP contribution in [-0.4, -0.2) is 59.4 Å². The molecule has 7 nitrogen and oxygen atoms in total. The van der Waals surface area contributed by atoms with E-state index >= 15 is 0 Å². The fourth-order valence-electron chi connectivity index (χ4n) is 3.58. The summed E-state index contributed by atoms with van der Waals surface area (Å²) in [4.78, 5) is 40.0. The van der Waals surface area contributed by atoms with E-state index in [1.807, 2.05) is 29.2 Å². The van der Waals surface area contributed by atoms with Gasteiger partial charge in [0, 0.05) is 37.6 Å². The fraction of sp³-hybridized carbons (Fsp3) is 0.526. The number of carbonyl (C=O) groups excluding carboxylic acids is 3. The van der Waals surface area contributed by atoms with Crippen LogP contribution < -0.4 is 10.6 Å². The molecule has 0 spiro atoms. The van der Waals surface area contributed by atoms with Gasteiger partial charge in [0.1, 0.15) is 5.54 Å². The molecule has 3 rings (SSSR count). The molecule has 1 aromatic carbocycles. The van der Waals surface area contributed by atoms with Crippen LogP contribution in [0.5, 0.6) is 0 Å². The highest BCUT2D eigenvalue weighted by Gasteiger charge is 2.43. The number of piperazine rings is 1. The Morgan fingerprint density at radius 1 is 1.29 bits per heavy atom. The van der Waals surface area contributed by atoms with Crippen LogP contribution in [0.25, 0.3) is 0 Å². The summed E-state index contributed by atoms with van der Waals surface area (Å²) in [5, 5.41) is 6.60. The summed E-state index contributed by atoms with van der Waals surface area (Å²) in [7, 11) is 0. The third-order valence-electron chi connectivity index (χ3n) is 5.04. The summed E-state index contributed by atoms with van der Waals surface area (Å²) in [6, 6.07) is 7.04. The molecule has 0 aromatic heterocycles. The first kappa shape index (κ1) is 22.5. The van der Waals surface area contributed by atoms with Crippen molar-refractivity contribution in [3.8, 4) is 0 Å². The predicted octanol–water partition coefficient (Wildman–Crippen LogP) is 2.35. The van der Waals surface area contributed by atoms with E-state index in [9.17, 15) is 14.4 Å². The molecule has 154 valence electrons. The number of urea groups is 1. The maximum absolute atomic E-state index is 12.8. The van der Waals surface area contributed by atoms with E-state index in [1.165, 1.54) is 4.90 Å². The molecule has 2 N–H and O–H groups in total. The second-order valence-electron chi connectivity index (χ2n) is 7.44. The van der Waals surface area contributed by atoms with Gasteiger partial charge >= 0.3 is 6.03 Å². The molecule has 1 aromatic rings. The Hall–Kier alpha value is -1.83. The van der Waals surface area contributed by atoms with Crippen LogP contribution in [0.1, 0.15) is 38.3 Å². The molecule has 9 heteroatoms. The van der Waals surface area contributed by atoms with Crippen LogP contribution in [0.15, 0.2) is 24.3 Å². The third-order valence-corrected chi connectivity index (χ3v) is 5.39. The van der Waals surface area contributed by atoms with Gasteiger partial charge in [-0.3, -0.25) is 14.5 Å². The van der Waals surface area contributed by atoms with Gasteiger partial charge in [-0.1, -0.05) is 29.8 Å². The number of halogens is 2. The third kappa shape index (κ3) is 4.59. The van der Waals surface area contributed by atoms with Crippen LogP contribution >= 0.6 is 24.0 Å². The van der Waals surface area contributed by atoms with E-state index in [4.69, 9.17) is 11.6 Å². The van der Waals surface area contributed by atoms with Crippen LogP contribution in [0, 0.1) is 0 Å². The average Bonchev–Trinajstić information content (AvgIpc) is 2.83. The Morgan fingerprint density at radius 3 is 2.64 bits per heavy atom. The molecule has 2 saturated heterocycles. The quantitative estimate of drug-likeness (QED) is 0.705. The minimum absolute atomic E-state index is 0. The molecule has 2 aliphatic heterocycles. The van der Waals surface area contributed by atoms with Crippen molar-refractivity contribution in [2.75, 3.05) is 26.2 Å². The number of hydrogen-bond acceptors (Lipinski definition) is 4. The highest BCUT2D eigenvalue weighted by atomic mass is 35.5. The fourth-order valence-corrected chi connectivity index (χ4v) is 3.84. The number of imide groups is 1. The first-order valence-corrected chi connectivity index (χ1v) is 9.58. The lowest BCUT2D eigenvalue weighted by molar-refractivity contribution is -0.135. The Kier molecular flexibility index (Phi) is 7.31. The van der Waals surface area contributed by atoms with E-state index < -0.39 is 11.6 Å². The van der Waals surface area contributed by atoms with Crippen molar-refractivity contribution in [1.82, 2.24) is 20.4 Å². The molecule has 0 saturated carbocycles. The number of rotatable bonds is 5. The monoisotopic (exact) mass is 428 g/mol. The molecule has 2 aliphatic rings. The largest absolute Gasteiger partial charge is 0.333 e. The van der Waals surface area contributed by atoms with Crippen molar-refractivity contribution in [3.05, 3.63) is 34.9 Å². The zero-order valence-corrected chi connectivity index (χ0v) is 17.6. The normalized spacial score (nSPS) is 21.3. The second kappa shape index (κ2) is 9.11. The Bertz CT molecular complexity index is 756. The van der Waals surface area contributed by atoms with Gasteiger partial charge in [0.2, 0.25) is 5.91 Å². The van der Waals surface area contributed by atoms with E-state index in [0.717, 1.165) is 12.1 Å². The standard InChI is InChI=1S/C19H25ClN4O3.ClH/c1-19(2)17(26)24(18(27)22-19)10-5-8-16(25)23-11-9-21-12-15(23)13-6-3-4-7-14(13)20;/h3-4,6-7,15,21H,5,8-12H2,1-2H3,(H,22,27);1H. The number of nitrogens with zero attached hydrogens (tertiary/aromatic N) is 2. The molecule has 2 heterocycles. The molecule has 1 atom stereocenters. The summed E-state index contributed by atoms with van der Waals surface area (Å²) in [5.74, 6) is -0.246. The van der Waals surface area contributed by atoms with Gasteiger partial charge in [-0.25, -0.2) is 4.79 Å². The number of carbonyl (C=O) groups is 3. The van der Waals surface area contributed by atoms with Gasteiger partial charge in [0.25, 0.3) is 5.91 Å². The van der Waals surface area contributed by atoms with Crippen molar-refractivity contribution in [2.45, 2.75) is 38.3 Å². The maximum atomic E-state index is 12.8. The molecule has 0 radical (unpaired) electrons. The first-order valence-electron chi connectivity index (χ1n) is 9.20. The summed E-state index contributed by atoms with van der Waals surface area (Å²) < 4.78 is 0. The van der Waals surface area contributed by atoms with E-state index in [2.05, 4.69) is 10.6 Å². The number of amides is 4. The molecular weight excluding hydrogens is 403 g/mol. The number of nitrogens with one attached hydrogen (secondary N) is 2. The number of hydrogen-bond donors (Lipinski definition) is 2. The Labute approximate surface area is 176 Å². The first-order chi connectivity index (χ1) is 12.8. The van der Waals surface area contributed by atoms with E-state index in [-0.39, 0.29) is 43.2 Å². The van der Waals surface area contributed by atoms with Crippen molar-refractivity contribution >= 4 is 41.9 Å². The minimum Gasteiger partial charge on any atom is -0.333 e. The lowest BCUT2D eigenvalue weighted by Gasteiger charge is -2.37. The molecule has 28 heavy (non-hydrogen) atoms. The molecule has 1 unspecified atom stereocenters. The second-order valence-corrected chi connectivity index (χ2v) is 7.85. The van der Waals surface area contributed by atoms with Gasteiger partial charge in [-0.2, -0.15) is 0 Å². The van der Waals surface area contributed by atoms with Crippen LogP contribution in [0.2, 0.25) is 5.02 Å². The molecule has 0 bridgehead atoms. The lowest BCUT2D eigenvalue weighted by atomic mass is 10.0. The van der Waals surface area contributed by atoms with Crippen LogP contribution in [-0.2, 0) is 9.59 Å². The van der Waals surface area contributed by atoms with Gasteiger partial charge in [0.15, 0.2) is 0 Å². The molecule has 0 aliphatic carbocycles. The summed E-state index contributed by atoms with van der Waals surface area (Å²) in [5.41, 5.74) is 0.0463. The average molecular weight is 429 g/mol. The van der Waals surface area contributed by atoms with Crippen molar-refractivity contribution in [3.63, 3.8) is 0 Å². The zero-order chi connectivity index (χ0) is 19.6. The predicted molar refractivity (Wildman–Crippen MR) is 110 cm³/mol. The van der Waals surface area contributed by atoms with Crippen molar-refractivity contribution in [1.29, 1.82) is 0 Å². The van der Waals surface area contributed by atoms with Crippen molar-refractivity contribution < 1.29 is 14.4 Å². The molecule has 2 fully saturated rings. The Morgan fingerprint density at radius 2 is 2.00 bits per heavy atom. The van der Waals surface area contributed by atoms with Crippen LogP contribution in [0.3, 0.4) is 0 Å². The number of benzene rings is 1. The highest BCUT2D eigenvalue weighted by Crippen LogP contribution is 2.29. The van der Waals surface area contributed by atoms with E-state index in [1.54, 1.807) is 13.8 Å². The lowest BCUT2D eigenvalue weighted by Crippen LogP contribution is -2.48. The summed E-state index contributed by atoms with van der Waals surface area (Å²) >= 11 is 6.32. The zero-order valence-electron chi connectivity index (χ0n) is 16.0.